The molecule has 0 N–H and O–H groups in total. The van der Waals surface area contributed by atoms with Gasteiger partial charge in [0, 0.05) is 17.3 Å². The topological polar surface area (TPSA) is 47.3 Å². The van der Waals surface area contributed by atoms with Crippen LogP contribution in [0.1, 0.15) is 10.4 Å². The normalized spacial score (nSPS) is 10.7. The van der Waals surface area contributed by atoms with Crippen LogP contribution >= 0.6 is 0 Å². The van der Waals surface area contributed by atoms with Crippen molar-refractivity contribution in [3.05, 3.63) is 54.0 Å². The Balaban J connectivity index is 2.16. The molecule has 0 radical (unpaired) electrons. The summed E-state index contributed by atoms with van der Waals surface area (Å²) in [5.41, 5.74) is 1.73. The zero-order valence-corrected chi connectivity index (χ0v) is 9.25. The Morgan fingerprint density at radius 2 is 2.11 bits per heavy atom. The van der Waals surface area contributed by atoms with Crippen LogP contribution in [-0.4, -0.2) is 20.9 Å². The monoisotopic (exact) mass is 241 g/mol. The molecule has 3 rings (SSSR count). The van der Waals surface area contributed by atoms with E-state index in [1.165, 1.54) is 16.6 Å². The summed E-state index contributed by atoms with van der Waals surface area (Å²) >= 11 is 0. The molecule has 1 aromatic carbocycles. The smallest absolute Gasteiger partial charge is 0.182 e. The fourth-order valence-electron chi connectivity index (χ4n) is 1.72. The molecule has 0 saturated heterocycles. The van der Waals surface area contributed by atoms with Crippen molar-refractivity contribution in [2.75, 3.05) is 0 Å². The quantitative estimate of drug-likeness (QED) is 0.647. The van der Waals surface area contributed by atoms with Gasteiger partial charge in [-0.15, -0.1) is 5.10 Å². The number of benzene rings is 1. The van der Waals surface area contributed by atoms with Crippen molar-refractivity contribution in [1.29, 1.82) is 0 Å². The summed E-state index contributed by atoms with van der Waals surface area (Å²) in [5.74, 6) is 0.0949. The van der Waals surface area contributed by atoms with E-state index in [-0.39, 0.29) is 5.82 Å². The minimum Gasteiger partial charge on any atom is -0.298 e. The Bertz CT molecular complexity index is 736. The molecule has 2 heterocycles. The van der Waals surface area contributed by atoms with Gasteiger partial charge in [-0.2, -0.15) is 0 Å². The van der Waals surface area contributed by atoms with E-state index in [1.54, 1.807) is 30.5 Å². The maximum absolute atomic E-state index is 13.1. The van der Waals surface area contributed by atoms with Crippen LogP contribution in [0.4, 0.5) is 4.39 Å². The predicted octanol–water partition coefficient (Wildman–Crippen LogP) is 2.35. The summed E-state index contributed by atoms with van der Waals surface area (Å²) in [4.78, 5) is 14.9. The van der Waals surface area contributed by atoms with Crippen molar-refractivity contribution in [3.8, 4) is 11.4 Å². The summed E-state index contributed by atoms with van der Waals surface area (Å²) in [6.45, 7) is 0. The zero-order valence-electron chi connectivity index (χ0n) is 9.25. The van der Waals surface area contributed by atoms with Crippen LogP contribution in [0.15, 0.2) is 42.6 Å². The van der Waals surface area contributed by atoms with Crippen LogP contribution in [0.3, 0.4) is 0 Å². The van der Waals surface area contributed by atoms with Gasteiger partial charge in [-0.3, -0.25) is 4.79 Å². The van der Waals surface area contributed by atoms with Crippen molar-refractivity contribution < 1.29 is 9.18 Å². The highest BCUT2D eigenvalue weighted by Gasteiger charge is 2.07. The lowest BCUT2D eigenvalue weighted by Gasteiger charge is -1.93. The Labute approximate surface area is 102 Å². The number of hydrogen-bond donors (Lipinski definition) is 0. The second-order valence-electron chi connectivity index (χ2n) is 3.83. The molecule has 18 heavy (non-hydrogen) atoms. The number of hydrogen-bond acceptors (Lipinski definition) is 3. The van der Waals surface area contributed by atoms with Gasteiger partial charge >= 0.3 is 0 Å². The van der Waals surface area contributed by atoms with Gasteiger partial charge in [0.05, 0.1) is 0 Å². The molecule has 0 spiro atoms. The maximum Gasteiger partial charge on any atom is 0.182 e. The molecule has 0 aliphatic heterocycles. The minimum absolute atomic E-state index is 0.333. The average molecular weight is 241 g/mol. The Hall–Kier alpha value is -2.56. The number of carbonyl (C=O) groups is 1. The lowest BCUT2D eigenvalue weighted by atomic mass is 10.2. The number of fused-ring (bicyclic) bond motifs is 1. The predicted molar refractivity (Wildman–Crippen MR) is 63.8 cm³/mol. The number of rotatable bonds is 2. The Kier molecular flexibility index (Phi) is 2.37. The highest BCUT2D eigenvalue weighted by molar-refractivity contribution is 5.75. The highest BCUT2D eigenvalue weighted by Crippen LogP contribution is 2.17. The third-order valence-corrected chi connectivity index (χ3v) is 2.57. The molecule has 0 amide bonds. The fraction of sp³-hybridized carbons (Fsp3) is 0. The molecule has 3 aromatic rings. The van der Waals surface area contributed by atoms with Crippen molar-refractivity contribution in [1.82, 2.24) is 14.6 Å². The Morgan fingerprint density at radius 1 is 1.22 bits per heavy atom. The van der Waals surface area contributed by atoms with E-state index in [0.717, 1.165) is 6.29 Å². The second-order valence-corrected chi connectivity index (χ2v) is 3.83. The van der Waals surface area contributed by atoms with Crippen LogP contribution < -0.4 is 0 Å². The summed E-state index contributed by atoms with van der Waals surface area (Å²) in [6.07, 6.45) is 2.32. The third kappa shape index (κ3) is 1.75. The Morgan fingerprint density at radius 3 is 2.89 bits per heavy atom. The number of carbonyl (C=O) groups excluding carboxylic acids is 1. The summed E-state index contributed by atoms with van der Waals surface area (Å²) in [6, 6.07) is 9.43. The molecule has 0 unspecified atom stereocenters. The summed E-state index contributed by atoms with van der Waals surface area (Å²) in [5, 5.41) is 4.21. The van der Waals surface area contributed by atoms with Crippen molar-refractivity contribution in [3.63, 3.8) is 0 Å². The largest absolute Gasteiger partial charge is 0.298 e. The van der Waals surface area contributed by atoms with E-state index >= 15 is 0 Å². The highest BCUT2D eigenvalue weighted by atomic mass is 19.1. The molecule has 4 nitrogen and oxygen atoms in total. The number of nitrogens with zero attached hydrogens (tertiary/aromatic N) is 3. The molecule has 0 aliphatic carbocycles. The molecule has 0 atom stereocenters. The molecule has 0 fully saturated rings. The lowest BCUT2D eigenvalue weighted by molar-refractivity contribution is 0.112. The van der Waals surface area contributed by atoms with Crippen LogP contribution in [0.2, 0.25) is 0 Å². The van der Waals surface area contributed by atoms with Crippen LogP contribution in [0.25, 0.3) is 17.0 Å². The van der Waals surface area contributed by atoms with Gasteiger partial charge < -0.3 is 0 Å². The first-order valence-corrected chi connectivity index (χ1v) is 5.34. The molecule has 0 saturated carbocycles. The van der Waals surface area contributed by atoms with Crippen molar-refractivity contribution in [2.24, 2.45) is 0 Å². The number of aromatic nitrogens is 3. The van der Waals surface area contributed by atoms with E-state index in [1.807, 2.05) is 0 Å². The first kappa shape index (κ1) is 10.6. The van der Waals surface area contributed by atoms with Crippen LogP contribution in [0.5, 0.6) is 0 Å². The van der Waals surface area contributed by atoms with E-state index in [2.05, 4.69) is 10.1 Å². The van der Waals surface area contributed by atoms with Gasteiger partial charge in [-0.05, 0) is 24.3 Å². The van der Waals surface area contributed by atoms with Gasteiger partial charge in [0.1, 0.15) is 5.82 Å². The molecule has 88 valence electrons. The van der Waals surface area contributed by atoms with Gasteiger partial charge in [-0.1, -0.05) is 12.1 Å². The molecule has 2 aromatic heterocycles. The second kappa shape index (κ2) is 4.03. The van der Waals surface area contributed by atoms with E-state index in [0.29, 0.717) is 22.6 Å². The number of aldehydes is 1. The van der Waals surface area contributed by atoms with Crippen molar-refractivity contribution >= 4 is 11.9 Å². The third-order valence-electron chi connectivity index (χ3n) is 2.57. The molecular formula is C13H8FN3O. The summed E-state index contributed by atoms with van der Waals surface area (Å²) < 4.78 is 14.6. The molecule has 0 bridgehead atoms. The van der Waals surface area contributed by atoms with Gasteiger partial charge in [0.2, 0.25) is 0 Å². The average Bonchev–Trinajstić information content (AvgIpc) is 2.81. The summed E-state index contributed by atoms with van der Waals surface area (Å²) in [7, 11) is 0. The van der Waals surface area contributed by atoms with Gasteiger partial charge in [0.15, 0.2) is 17.8 Å². The standard InChI is InChI=1S/C13H8FN3O/c14-11-3-1-2-10(6-11)13-15-12-5-4-9(8-18)7-17(12)16-13/h1-8H. The van der Waals surface area contributed by atoms with Gasteiger partial charge in [-0.25, -0.2) is 13.9 Å². The molecular weight excluding hydrogens is 233 g/mol. The lowest BCUT2D eigenvalue weighted by Crippen LogP contribution is -1.90. The van der Waals surface area contributed by atoms with Crippen LogP contribution in [0, 0.1) is 5.82 Å². The van der Waals surface area contributed by atoms with E-state index < -0.39 is 0 Å². The fourth-order valence-corrected chi connectivity index (χ4v) is 1.72. The maximum atomic E-state index is 13.1. The minimum atomic E-state index is -0.333. The molecule has 0 aliphatic rings. The SMILES string of the molecule is O=Cc1ccc2nc(-c3cccc(F)c3)nn2c1. The number of halogens is 1. The number of pyridine rings is 1. The van der Waals surface area contributed by atoms with E-state index in [9.17, 15) is 9.18 Å². The van der Waals surface area contributed by atoms with Crippen molar-refractivity contribution in [2.45, 2.75) is 0 Å². The zero-order chi connectivity index (χ0) is 12.5. The van der Waals surface area contributed by atoms with E-state index in [4.69, 9.17) is 0 Å². The first-order chi connectivity index (χ1) is 8.76. The van der Waals surface area contributed by atoms with Gasteiger partial charge in [0.25, 0.3) is 0 Å². The molecule has 5 heteroatoms. The van der Waals surface area contributed by atoms with Crippen LogP contribution in [-0.2, 0) is 0 Å². The first-order valence-electron chi connectivity index (χ1n) is 5.34.